The van der Waals surface area contributed by atoms with Crippen LogP contribution in [-0.2, 0) is 10.0 Å². The predicted octanol–water partition coefficient (Wildman–Crippen LogP) is 2.18. The summed E-state index contributed by atoms with van der Waals surface area (Å²) < 4.78 is 26.6. The van der Waals surface area contributed by atoms with Crippen LogP contribution in [0.3, 0.4) is 0 Å². The van der Waals surface area contributed by atoms with Gasteiger partial charge < -0.3 is 5.11 Å². The van der Waals surface area contributed by atoms with Gasteiger partial charge in [0.2, 0.25) is 10.0 Å². The Balaban J connectivity index is 2.41. The first kappa shape index (κ1) is 14.5. The molecule has 1 fully saturated rings. The molecule has 2 rings (SSSR count). The van der Waals surface area contributed by atoms with E-state index >= 15 is 0 Å². The quantitative estimate of drug-likeness (QED) is 0.925. The normalized spacial score (nSPS) is 20.8. The summed E-state index contributed by atoms with van der Waals surface area (Å²) in [6.45, 7) is 4.66. The molecule has 1 aromatic heterocycles. The SMILES string of the molecule is CCC1CCN(S(=O)(=O)c2c(C)csc2C(=O)O)C1. The fourth-order valence-electron chi connectivity index (χ4n) is 2.38. The second-order valence-electron chi connectivity index (χ2n) is 4.81. The maximum atomic E-state index is 12.6. The number of carbonyl (C=O) groups is 1. The number of aryl methyl sites for hydroxylation is 1. The number of nitrogens with zero attached hydrogens (tertiary/aromatic N) is 1. The van der Waals surface area contributed by atoms with Crippen molar-refractivity contribution in [3.8, 4) is 0 Å². The van der Waals surface area contributed by atoms with Crippen LogP contribution >= 0.6 is 11.3 Å². The van der Waals surface area contributed by atoms with Gasteiger partial charge in [-0.25, -0.2) is 13.2 Å². The number of rotatable bonds is 4. The molecule has 0 aromatic carbocycles. The van der Waals surface area contributed by atoms with Crippen molar-refractivity contribution in [3.63, 3.8) is 0 Å². The molecule has 0 aliphatic carbocycles. The number of carboxylic acids is 1. The molecule has 0 radical (unpaired) electrons. The average molecular weight is 303 g/mol. The molecule has 1 saturated heterocycles. The third-order valence-corrected chi connectivity index (χ3v) is 6.80. The summed E-state index contributed by atoms with van der Waals surface area (Å²) >= 11 is 0.971. The maximum Gasteiger partial charge on any atom is 0.347 e. The van der Waals surface area contributed by atoms with E-state index in [9.17, 15) is 13.2 Å². The zero-order valence-corrected chi connectivity index (χ0v) is 12.6. The summed E-state index contributed by atoms with van der Waals surface area (Å²) in [5, 5.41) is 10.7. The third-order valence-electron chi connectivity index (χ3n) is 3.54. The van der Waals surface area contributed by atoms with Crippen molar-refractivity contribution in [2.45, 2.75) is 31.6 Å². The molecular formula is C12H17NO4S2. The molecule has 1 aliphatic rings. The van der Waals surface area contributed by atoms with Gasteiger partial charge in [0.05, 0.1) is 0 Å². The number of hydrogen-bond donors (Lipinski definition) is 1. The van der Waals surface area contributed by atoms with Gasteiger partial charge in [-0.2, -0.15) is 4.31 Å². The van der Waals surface area contributed by atoms with Crippen molar-refractivity contribution in [3.05, 3.63) is 15.8 Å². The lowest BCUT2D eigenvalue weighted by Crippen LogP contribution is -2.30. The Bertz CT molecular complexity index is 591. The Hall–Kier alpha value is -0.920. The van der Waals surface area contributed by atoms with Gasteiger partial charge >= 0.3 is 5.97 Å². The first-order chi connectivity index (χ1) is 8.87. The molecule has 1 unspecified atom stereocenters. The second-order valence-corrected chi connectivity index (χ2v) is 7.56. The Morgan fingerprint density at radius 3 is 2.79 bits per heavy atom. The minimum atomic E-state index is -3.68. The highest BCUT2D eigenvalue weighted by molar-refractivity contribution is 7.89. The van der Waals surface area contributed by atoms with Crippen molar-refractivity contribution in [1.82, 2.24) is 4.31 Å². The first-order valence-corrected chi connectivity index (χ1v) is 8.51. The topological polar surface area (TPSA) is 74.7 Å². The van der Waals surface area contributed by atoms with E-state index in [1.807, 2.05) is 6.92 Å². The molecule has 5 nitrogen and oxygen atoms in total. The van der Waals surface area contributed by atoms with Crippen LogP contribution < -0.4 is 0 Å². The molecule has 106 valence electrons. The Morgan fingerprint density at radius 2 is 2.26 bits per heavy atom. The van der Waals surface area contributed by atoms with Gasteiger partial charge in [-0.05, 0) is 30.2 Å². The average Bonchev–Trinajstić information content (AvgIpc) is 2.94. The van der Waals surface area contributed by atoms with Crippen LogP contribution in [0.25, 0.3) is 0 Å². The highest BCUT2D eigenvalue weighted by Gasteiger charge is 2.36. The summed E-state index contributed by atoms with van der Waals surface area (Å²) in [6.07, 6.45) is 1.79. The van der Waals surface area contributed by atoms with Gasteiger partial charge in [-0.3, -0.25) is 0 Å². The van der Waals surface area contributed by atoms with E-state index in [1.165, 1.54) is 4.31 Å². The fraction of sp³-hybridized carbons (Fsp3) is 0.583. The number of carboxylic acid groups (broad SMARTS) is 1. The summed E-state index contributed by atoms with van der Waals surface area (Å²) in [7, 11) is -3.68. The number of sulfonamides is 1. The zero-order valence-electron chi connectivity index (χ0n) is 10.9. The van der Waals surface area contributed by atoms with E-state index in [4.69, 9.17) is 5.11 Å². The molecular weight excluding hydrogens is 286 g/mol. The van der Waals surface area contributed by atoms with Crippen LogP contribution in [0, 0.1) is 12.8 Å². The molecule has 0 amide bonds. The van der Waals surface area contributed by atoms with Gasteiger partial charge in [-0.15, -0.1) is 11.3 Å². The van der Waals surface area contributed by atoms with Crippen LogP contribution in [0.1, 0.15) is 35.0 Å². The molecule has 0 bridgehead atoms. The fourth-order valence-corrected chi connectivity index (χ4v) is 5.49. The molecule has 1 aliphatic heterocycles. The van der Waals surface area contributed by atoms with Crippen molar-refractivity contribution in [2.75, 3.05) is 13.1 Å². The molecule has 1 aromatic rings. The highest BCUT2D eigenvalue weighted by Crippen LogP contribution is 2.32. The number of aromatic carboxylic acids is 1. The van der Waals surface area contributed by atoms with Crippen LogP contribution in [-0.4, -0.2) is 36.9 Å². The third kappa shape index (κ3) is 2.54. The van der Waals surface area contributed by atoms with Gasteiger partial charge in [-0.1, -0.05) is 13.3 Å². The van der Waals surface area contributed by atoms with Crippen molar-refractivity contribution in [2.24, 2.45) is 5.92 Å². The lowest BCUT2D eigenvalue weighted by molar-refractivity contribution is 0.0698. The van der Waals surface area contributed by atoms with E-state index in [2.05, 4.69) is 0 Å². The number of hydrogen-bond acceptors (Lipinski definition) is 4. The Labute approximate surface area is 116 Å². The van der Waals surface area contributed by atoms with Crippen LogP contribution in [0.4, 0.5) is 0 Å². The first-order valence-electron chi connectivity index (χ1n) is 6.19. The molecule has 2 heterocycles. The van der Waals surface area contributed by atoms with E-state index in [1.54, 1.807) is 12.3 Å². The van der Waals surface area contributed by atoms with Gasteiger partial charge in [0, 0.05) is 13.1 Å². The van der Waals surface area contributed by atoms with E-state index in [0.717, 1.165) is 24.2 Å². The van der Waals surface area contributed by atoms with Gasteiger partial charge in [0.15, 0.2) is 0 Å². The van der Waals surface area contributed by atoms with Crippen LogP contribution in [0.2, 0.25) is 0 Å². The second kappa shape index (κ2) is 5.22. The zero-order chi connectivity index (χ0) is 14.2. The maximum absolute atomic E-state index is 12.6. The van der Waals surface area contributed by atoms with Gasteiger partial charge in [0.1, 0.15) is 9.77 Å². The molecule has 1 atom stereocenters. The standard InChI is InChI=1S/C12H17NO4S2/c1-3-9-4-5-13(6-9)19(16,17)11-8(2)7-18-10(11)12(14)15/h7,9H,3-6H2,1-2H3,(H,14,15). The Morgan fingerprint density at radius 1 is 1.58 bits per heavy atom. The van der Waals surface area contributed by atoms with E-state index in [-0.39, 0.29) is 9.77 Å². The van der Waals surface area contributed by atoms with Crippen LogP contribution in [0.5, 0.6) is 0 Å². The smallest absolute Gasteiger partial charge is 0.347 e. The summed E-state index contributed by atoms with van der Waals surface area (Å²) in [4.78, 5) is 11.0. The van der Waals surface area contributed by atoms with Gasteiger partial charge in [0.25, 0.3) is 0 Å². The van der Waals surface area contributed by atoms with E-state index in [0.29, 0.717) is 24.6 Å². The van der Waals surface area contributed by atoms with Crippen molar-refractivity contribution in [1.29, 1.82) is 0 Å². The molecule has 7 heteroatoms. The Kier molecular flexibility index (Phi) is 3.98. The molecule has 19 heavy (non-hydrogen) atoms. The van der Waals surface area contributed by atoms with E-state index < -0.39 is 16.0 Å². The molecule has 0 saturated carbocycles. The largest absolute Gasteiger partial charge is 0.477 e. The van der Waals surface area contributed by atoms with Crippen LogP contribution in [0.15, 0.2) is 10.3 Å². The lowest BCUT2D eigenvalue weighted by Gasteiger charge is -2.17. The lowest BCUT2D eigenvalue weighted by atomic mass is 10.1. The predicted molar refractivity (Wildman–Crippen MR) is 73.2 cm³/mol. The minimum absolute atomic E-state index is 0.0262. The summed E-state index contributed by atoms with van der Waals surface area (Å²) in [5.41, 5.74) is 0.516. The minimum Gasteiger partial charge on any atom is -0.477 e. The molecule has 0 spiro atoms. The molecule has 1 N–H and O–H groups in total. The van der Waals surface area contributed by atoms with Crippen molar-refractivity contribution < 1.29 is 18.3 Å². The van der Waals surface area contributed by atoms with Crippen molar-refractivity contribution >= 4 is 27.3 Å². The summed E-state index contributed by atoms with van der Waals surface area (Å²) in [6, 6.07) is 0. The number of thiophene rings is 1. The summed E-state index contributed by atoms with van der Waals surface area (Å²) in [5.74, 6) is -0.801. The highest BCUT2D eigenvalue weighted by atomic mass is 32.2. The monoisotopic (exact) mass is 303 g/mol.